The Hall–Kier alpha value is -2.78. The van der Waals surface area contributed by atoms with Crippen molar-refractivity contribution in [1.29, 1.82) is 0 Å². The number of benzene rings is 4. The zero-order chi connectivity index (χ0) is 18.7. The van der Waals surface area contributed by atoms with Gasteiger partial charge in [-0.1, -0.05) is 76.6 Å². The molecular formula is C25H17BrO2. The number of hydrogen-bond donors (Lipinski definition) is 0. The van der Waals surface area contributed by atoms with Gasteiger partial charge < -0.3 is 9.47 Å². The fourth-order valence-corrected chi connectivity index (χ4v) is 4.99. The third kappa shape index (κ3) is 2.26. The summed E-state index contributed by atoms with van der Waals surface area (Å²) >= 11 is 3.64. The van der Waals surface area contributed by atoms with Crippen molar-refractivity contribution in [2.75, 3.05) is 0 Å². The number of para-hydroxylation sites is 1. The molecule has 0 unspecified atom stereocenters. The molecule has 0 fully saturated rings. The van der Waals surface area contributed by atoms with Gasteiger partial charge in [0.15, 0.2) is 0 Å². The van der Waals surface area contributed by atoms with Gasteiger partial charge in [-0.3, -0.25) is 0 Å². The maximum Gasteiger partial charge on any atom is 0.278 e. The molecule has 4 aromatic carbocycles. The monoisotopic (exact) mass is 428 g/mol. The van der Waals surface area contributed by atoms with Gasteiger partial charge in [0.25, 0.3) is 5.79 Å². The Bertz CT molecular complexity index is 1220. The SMILES string of the molecule is Brc1ccc2ccc3c(c2c1)[C@H]1C[C@](c2ccccc2)(Oc2ccccc21)O3. The topological polar surface area (TPSA) is 18.5 Å². The number of fused-ring (bicyclic) bond motifs is 8. The Morgan fingerprint density at radius 3 is 2.43 bits per heavy atom. The summed E-state index contributed by atoms with van der Waals surface area (Å²) in [7, 11) is 0. The van der Waals surface area contributed by atoms with Crippen LogP contribution in [0.1, 0.15) is 29.0 Å². The first kappa shape index (κ1) is 16.2. The lowest BCUT2D eigenvalue weighted by molar-refractivity contribution is -0.148. The molecule has 2 atom stereocenters. The second kappa shape index (κ2) is 5.86. The lowest BCUT2D eigenvalue weighted by Gasteiger charge is -2.46. The smallest absolute Gasteiger partial charge is 0.278 e. The summed E-state index contributed by atoms with van der Waals surface area (Å²) in [6.07, 6.45) is 0.757. The van der Waals surface area contributed by atoms with Crippen molar-refractivity contribution >= 4 is 26.7 Å². The van der Waals surface area contributed by atoms with E-state index in [1.807, 2.05) is 24.3 Å². The fraction of sp³-hybridized carbons (Fsp3) is 0.120. The summed E-state index contributed by atoms with van der Waals surface area (Å²) < 4.78 is 14.3. The van der Waals surface area contributed by atoms with Crippen molar-refractivity contribution < 1.29 is 9.47 Å². The molecule has 0 spiro atoms. The summed E-state index contributed by atoms with van der Waals surface area (Å²) in [5, 5.41) is 2.46. The van der Waals surface area contributed by atoms with Crippen molar-refractivity contribution in [3.8, 4) is 11.5 Å². The number of rotatable bonds is 1. The Morgan fingerprint density at radius 1 is 0.786 bits per heavy atom. The van der Waals surface area contributed by atoms with Gasteiger partial charge in [-0.2, -0.15) is 0 Å². The molecule has 2 bridgehead atoms. The van der Waals surface area contributed by atoms with Gasteiger partial charge in [-0.05, 0) is 35.0 Å². The number of halogens is 1. The molecule has 0 aliphatic carbocycles. The third-order valence-electron chi connectivity index (χ3n) is 5.86. The van der Waals surface area contributed by atoms with Crippen LogP contribution in [0.2, 0.25) is 0 Å². The summed E-state index contributed by atoms with van der Waals surface area (Å²) in [5.74, 6) is 1.22. The summed E-state index contributed by atoms with van der Waals surface area (Å²) in [5.41, 5.74) is 3.53. The first-order valence-electron chi connectivity index (χ1n) is 9.48. The molecule has 2 nitrogen and oxygen atoms in total. The lowest BCUT2D eigenvalue weighted by atomic mass is 9.77. The molecule has 6 rings (SSSR count). The van der Waals surface area contributed by atoms with E-state index in [2.05, 4.69) is 76.6 Å². The molecule has 28 heavy (non-hydrogen) atoms. The quantitative estimate of drug-likeness (QED) is 0.333. The zero-order valence-corrected chi connectivity index (χ0v) is 16.6. The van der Waals surface area contributed by atoms with Gasteiger partial charge in [0.2, 0.25) is 0 Å². The summed E-state index contributed by atoms with van der Waals surface area (Å²) in [4.78, 5) is 0. The second-order valence-corrected chi connectivity index (χ2v) is 8.38. The minimum absolute atomic E-state index is 0.215. The summed E-state index contributed by atoms with van der Waals surface area (Å²) in [6.45, 7) is 0. The first-order valence-corrected chi connectivity index (χ1v) is 10.3. The predicted octanol–water partition coefficient (Wildman–Crippen LogP) is 6.76. The molecule has 136 valence electrons. The average molecular weight is 429 g/mol. The van der Waals surface area contributed by atoms with E-state index >= 15 is 0 Å². The molecule has 0 saturated heterocycles. The minimum atomic E-state index is -0.799. The van der Waals surface area contributed by atoms with Crippen LogP contribution >= 0.6 is 15.9 Å². The molecule has 3 heteroatoms. The maximum atomic E-state index is 6.64. The van der Waals surface area contributed by atoms with E-state index < -0.39 is 5.79 Å². The van der Waals surface area contributed by atoms with Crippen LogP contribution in [-0.2, 0) is 5.79 Å². The van der Waals surface area contributed by atoms with Crippen LogP contribution in [0.15, 0.2) is 89.4 Å². The highest BCUT2D eigenvalue weighted by molar-refractivity contribution is 9.10. The third-order valence-corrected chi connectivity index (χ3v) is 6.36. The Labute approximate surface area is 171 Å². The molecule has 0 amide bonds. The van der Waals surface area contributed by atoms with Crippen molar-refractivity contribution in [2.24, 2.45) is 0 Å². The van der Waals surface area contributed by atoms with Crippen LogP contribution in [0.4, 0.5) is 0 Å². The molecule has 4 aromatic rings. The van der Waals surface area contributed by atoms with Crippen molar-refractivity contribution in [1.82, 2.24) is 0 Å². The van der Waals surface area contributed by atoms with Gasteiger partial charge in [0.05, 0.1) is 0 Å². The molecule has 0 radical (unpaired) electrons. The van der Waals surface area contributed by atoms with Gasteiger partial charge in [0.1, 0.15) is 11.5 Å². The van der Waals surface area contributed by atoms with Gasteiger partial charge in [-0.15, -0.1) is 0 Å². The van der Waals surface area contributed by atoms with Crippen molar-refractivity contribution in [3.63, 3.8) is 0 Å². The molecule has 2 aliphatic heterocycles. The van der Waals surface area contributed by atoms with Gasteiger partial charge in [0, 0.05) is 33.5 Å². The van der Waals surface area contributed by atoms with E-state index in [0.717, 1.165) is 28.0 Å². The van der Waals surface area contributed by atoms with E-state index in [0.29, 0.717) is 0 Å². The van der Waals surface area contributed by atoms with Crippen molar-refractivity contribution in [3.05, 3.63) is 106 Å². The zero-order valence-electron chi connectivity index (χ0n) is 15.1. The Morgan fingerprint density at radius 2 is 1.54 bits per heavy atom. The summed E-state index contributed by atoms with van der Waals surface area (Å²) in [6, 6.07) is 29.3. The molecule has 0 N–H and O–H groups in total. The number of hydrogen-bond acceptors (Lipinski definition) is 2. The average Bonchev–Trinajstić information content (AvgIpc) is 2.74. The van der Waals surface area contributed by atoms with E-state index in [4.69, 9.17) is 9.47 Å². The molecule has 0 aromatic heterocycles. The van der Waals surface area contributed by atoms with E-state index in [1.54, 1.807) is 0 Å². The van der Waals surface area contributed by atoms with E-state index in [1.165, 1.54) is 21.9 Å². The molecule has 2 aliphatic rings. The van der Waals surface area contributed by atoms with Crippen LogP contribution in [0.5, 0.6) is 11.5 Å². The van der Waals surface area contributed by atoms with Crippen molar-refractivity contribution in [2.45, 2.75) is 18.1 Å². The van der Waals surface area contributed by atoms with Crippen LogP contribution in [0.3, 0.4) is 0 Å². The second-order valence-electron chi connectivity index (χ2n) is 7.46. The largest absolute Gasteiger partial charge is 0.448 e. The standard InChI is InChI=1S/C25H17BrO2/c26-18-12-10-16-11-13-23-24(20(16)14-18)21-15-25(28-23,17-6-2-1-3-7-17)27-22-9-5-4-8-19(21)22/h1-14,21H,15H2/t21-,25-/m0/s1. The van der Waals surface area contributed by atoms with E-state index in [-0.39, 0.29) is 5.92 Å². The predicted molar refractivity (Wildman–Crippen MR) is 114 cm³/mol. The number of ether oxygens (including phenoxy) is 2. The Kier molecular flexibility index (Phi) is 3.39. The highest BCUT2D eigenvalue weighted by Gasteiger charge is 2.49. The van der Waals surface area contributed by atoms with Crippen LogP contribution in [-0.4, -0.2) is 0 Å². The van der Waals surface area contributed by atoms with E-state index in [9.17, 15) is 0 Å². The molecule has 2 heterocycles. The maximum absolute atomic E-state index is 6.64. The molecule has 0 saturated carbocycles. The van der Waals surface area contributed by atoms with Gasteiger partial charge in [-0.25, -0.2) is 0 Å². The lowest BCUT2D eigenvalue weighted by Crippen LogP contribution is -2.46. The van der Waals surface area contributed by atoms with Crippen LogP contribution in [0.25, 0.3) is 10.8 Å². The molecular weight excluding hydrogens is 412 g/mol. The highest BCUT2D eigenvalue weighted by Crippen LogP contribution is 2.56. The van der Waals surface area contributed by atoms with Crippen LogP contribution in [0, 0.1) is 0 Å². The normalized spacial score (nSPS) is 22.0. The highest BCUT2D eigenvalue weighted by atomic mass is 79.9. The Balaban J connectivity index is 1.67. The first-order chi connectivity index (χ1) is 13.7. The van der Waals surface area contributed by atoms with Gasteiger partial charge >= 0.3 is 0 Å². The van der Waals surface area contributed by atoms with Crippen LogP contribution < -0.4 is 9.47 Å². The fourth-order valence-electron chi connectivity index (χ4n) is 4.63. The minimum Gasteiger partial charge on any atom is -0.448 e.